The fourth-order valence-corrected chi connectivity index (χ4v) is 7.65. The Balaban J connectivity index is 1.17. The lowest BCUT2D eigenvalue weighted by Gasteiger charge is -2.10. The molecule has 3 nitrogen and oxygen atoms in total. The van der Waals surface area contributed by atoms with Gasteiger partial charge in [-0.25, -0.2) is 15.0 Å². The van der Waals surface area contributed by atoms with Gasteiger partial charge >= 0.3 is 0 Å². The molecular formula is C45H29N3S. The van der Waals surface area contributed by atoms with Gasteiger partial charge in [-0.1, -0.05) is 158 Å². The van der Waals surface area contributed by atoms with Crippen LogP contribution in [0.4, 0.5) is 0 Å². The zero-order chi connectivity index (χ0) is 32.6. The number of thiophene rings is 1. The van der Waals surface area contributed by atoms with E-state index >= 15 is 0 Å². The van der Waals surface area contributed by atoms with Crippen LogP contribution in [0.2, 0.25) is 0 Å². The lowest BCUT2D eigenvalue weighted by Crippen LogP contribution is -2.00. The molecule has 0 saturated carbocycles. The van der Waals surface area contributed by atoms with E-state index in [9.17, 15) is 0 Å². The van der Waals surface area contributed by atoms with Gasteiger partial charge in [0.1, 0.15) is 0 Å². The summed E-state index contributed by atoms with van der Waals surface area (Å²) in [5, 5.41) is 2.45. The molecule has 0 aliphatic carbocycles. The van der Waals surface area contributed by atoms with Gasteiger partial charge in [-0.3, -0.25) is 0 Å². The van der Waals surface area contributed by atoms with E-state index in [4.69, 9.17) is 15.0 Å². The van der Waals surface area contributed by atoms with E-state index in [1.807, 2.05) is 23.5 Å². The second-order valence-electron chi connectivity index (χ2n) is 12.1. The van der Waals surface area contributed by atoms with Crippen LogP contribution in [0.5, 0.6) is 0 Å². The Morgan fingerprint density at radius 3 is 1.27 bits per heavy atom. The molecule has 0 spiro atoms. The zero-order valence-corrected chi connectivity index (χ0v) is 27.3. The van der Waals surface area contributed by atoms with Gasteiger partial charge in [0.2, 0.25) is 0 Å². The molecule has 4 heteroatoms. The topological polar surface area (TPSA) is 38.7 Å². The van der Waals surface area contributed by atoms with Gasteiger partial charge in [-0.2, -0.15) is 0 Å². The summed E-state index contributed by atoms with van der Waals surface area (Å²) in [6.07, 6.45) is 0. The lowest BCUT2D eigenvalue weighted by atomic mass is 10.0. The molecule has 9 aromatic rings. The minimum absolute atomic E-state index is 0.647. The minimum atomic E-state index is 0.647. The van der Waals surface area contributed by atoms with E-state index in [1.165, 1.54) is 42.4 Å². The number of hydrogen-bond acceptors (Lipinski definition) is 4. The molecule has 0 bridgehead atoms. The van der Waals surface area contributed by atoms with Crippen LogP contribution in [-0.4, -0.2) is 15.0 Å². The highest BCUT2D eigenvalue weighted by atomic mass is 32.1. The second-order valence-corrected chi connectivity index (χ2v) is 13.1. The number of benzene rings is 7. The molecule has 0 saturated heterocycles. The molecule has 9 rings (SSSR count). The first-order chi connectivity index (χ1) is 24.3. The van der Waals surface area contributed by atoms with E-state index in [-0.39, 0.29) is 0 Å². The molecule has 0 atom stereocenters. The largest absolute Gasteiger partial charge is 0.208 e. The number of aromatic nitrogens is 3. The minimum Gasteiger partial charge on any atom is -0.208 e. The van der Waals surface area contributed by atoms with E-state index in [1.54, 1.807) is 0 Å². The molecular weight excluding hydrogens is 615 g/mol. The van der Waals surface area contributed by atoms with Crippen LogP contribution in [0.1, 0.15) is 0 Å². The summed E-state index contributed by atoms with van der Waals surface area (Å²) in [5.74, 6) is 1.95. The Hall–Kier alpha value is -6.23. The molecule has 0 radical (unpaired) electrons. The quantitative estimate of drug-likeness (QED) is 0.181. The van der Waals surface area contributed by atoms with Crippen molar-refractivity contribution >= 4 is 31.5 Å². The van der Waals surface area contributed by atoms with Crippen molar-refractivity contribution < 1.29 is 0 Å². The standard InChI is InChI=1S/C45H29N3S/c1-4-11-30(12-5-1)32-19-23-35(24-20-32)43-46-44(36-25-21-33(22-26-36)31-13-6-2-7-14-31)48-45(47-43)37-27-28-41-40(29-37)39-18-10-17-38(42(39)49-41)34-15-8-3-9-16-34/h1-29H. The summed E-state index contributed by atoms with van der Waals surface area (Å²) < 4.78 is 2.53. The molecule has 7 aromatic carbocycles. The third kappa shape index (κ3) is 5.58. The molecule has 0 unspecified atom stereocenters. The van der Waals surface area contributed by atoms with Crippen molar-refractivity contribution in [3.63, 3.8) is 0 Å². The van der Waals surface area contributed by atoms with Gasteiger partial charge < -0.3 is 0 Å². The summed E-state index contributed by atoms with van der Waals surface area (Å²) in [7, 11) is 0. The zero-order valence-electron chi connectivity index (χ0n) is 26.5. The van der Waals surface area contributed by atoms with Gasteiger partial charge in [0.25, 0.3) is 0 Å². The maximum atomic E-state index is 5.08. The van der Waals surface area contributed by atoms with Crippen LogP contribution in [0.3, 0.4) is 0 Å². The van der Waals surface area contributed by atoms with Gasteiger partial charge in [0.15, 0.2) is 17.5 Å². The highest BCUT2D eigenvalue weighted by Crippen LogP contribution is 2.41. The summed E-state index contributed by atoms with van der Waals surface area (Å²) in [6.45, 7) is 0. The van der Waals surface area contributed by atoms with Crippen molar-refractivity contribution in [3.05, 3.63) is 176 Å². The van der Waals surface area contributed by atoms with Crippen LogP contribution >= 0.6 is 11.3 Å². The lowest BCUT2D eigenvalue weighted by molar-refractivity contribution is 1.07. The smallest absolute Gasteiger partial charge is 0.164 e. The van der Waals surface area contributed by atoms with Crippen LogP contribution in [-0.2, 0) is 0 Å². The van der Waals surface area contributed by atoms with E-state index < -0.39 is 0 Å². The Bertz CT molecular complexity index is 2460. The Kier molecular flexibility index (Phi) is 7.34. The maximum Gasteiger partial charge on any atom is 0.164 e. The SMILES string of the molecule is c1ccc(-c2ccc(-c3nc(-c4ccc(-c5ccccc5)cc4)nc(-c4ccc5sc6c(-c7ccccc7)cccc6c5c4)n3)cc2)cc1. The van der Waals surface area contributed by atoms with Crippen LogP contribution in [0.15, 0.2) is 176 Å². The number of nitrogens with zero attached hydrogens (tertiary/aromatic N) is 3. The Labute approximate surface area is 288 Å². The molecule has 0 N–H and O–H groups in total. The maximum absolute atomic E-state index is 5.08. The molecule has 230 valence electrons. The third-order valence-electron chi connectivity index (χ3n) is 8.98. The van der Waals surface area contributed by atoms with Crippen LogP contribution < -0.4 is 0 Å². The molecule has 0 fully saturated rings. The van der Waals surface area contributed by atoms with Crippen molar-refractivity contribution in [1.82, 2.24) is 15.0 Å². The first kappa shape index (κ1) is 29.0. The predicted octanol–water partition coefficient (Wildman–Crippen LogP) is 12.2. The molecule has 2 aromatic heterocycles. The summed E-state index contributed by atoms with van der Waals surface area (Å²) >= 11 is 1.83. The summed E-state index contributed by atoms with van der Waals surface area (Å²) in [6, 6.07) is 61.6. The Morgan fingerprint density at radius 1 is 0.306 bits per heavy atom. The van der Waals surface area contributed by atoms with Gasteiger partial charge in [-0.15, -0.1) is 11.3 Å². The monoisotopic (exact) mass is 643 g/mol. The normalized spacial score (nSPS) is 11.3. The van der Waals surface area contributed by atoms with Crippen molar-refractivity contribution in [1.29, 1.82) is 0 Å². The molecule has 0 amide bonds. The highest BCUT2D eigenvalue weighted by molar-refractivity contribution is 7.26. The molecule has 0 aliphatic heterocycles. The number of fused-ring (bicyclic) bond motifs is 3. The third-order valence-corrected chi connectivity index (χ3v) is 10.2. The van der Waals surface area contributed by atoms with Gasteiger partial charge in [0, 0.05) is 36.9 Å². The predicted molar refractivity (Wildman–Crippen MR) is 205 cm³/mol. The fraction of sp³-hybridized carbons (Fsp3) is 0. The molecule has 2 heterocycles. The van der Waals surface area contributed by atoms with Crippen molar-refractivity contribution in [2.75, 3.05) is 0 Å². The van der Waals surface area contributed by atoms with Gasteiger partial charge in [0.05, 0.1) is 0 Å². The summed E-state index contributed by atoms with van der Waals surface area (Å²) in [5.41, 5.74) is 9.99. The number of hydrogen-bond donors (Lipinski definition) is 0. The van der Waals surface area contributed by atoms with Crippen LogP contribution in [0.25, 0.3) is 87.7 Å². The van der Waals surface area contributed by atoms with E-state index in [0.29, 0.717) is 17.5 Å². The highest BCUT2D eigenvalue weighted by Gasteiger charge is 2.16. The first-order valence-corrected chi connectivity index (χ1v) is 17.2. The van der Waals surface area contributed by atoms with Crippen LogP contribution in [0, 0.1) is 0 Å². The fourth-order valence-electron chi connectivity index (χ4n) is 6.43. The van der Waals surface area contributed by atoms with Crippen molar-refractivity contribution in [2.45, 2.75) is 0 Å². The van der Waals surface area contributed by atoms with Crippen molar-refractivity contribution in [3.8, 4) is 67.5 Å². The molecule has 49 heavy (non-hydrogen) atoms. The van der Waals surface area contributed by atoms with E-state index in [0.717, 1.165) is 27.8 Å². The van der Waals surface area contributed by atoms with Crippen molar-refractivity contribution in [2.24, 2.45) is 0 Å². The molecule has 0 aliphatic rings. The van der Waals surface area contributed by atoms with E-state index in [2.05, 4.69) is 164 Å². The first-order valence-electron chi connectivity index (χ1n) is 16.4. The summed E-state index contributed by atoms with van der Waals surface area (Å²) in [4.78, 5) is 15.2. The average Bonchev–Trinajstić information content (AvgIpc) is 3.57. The number of rotatable bonds is 6. The second kappa shape index (κ2) is 12.4. The average molecular weight is 644 g/mol. The van der Waals surface area contributed by atoms with Gasteiger partial charge in [-0.05, 0) is 51.6 Å². The Morgan fingerprint density at radius 2 is 0.735 bits per heavy atom.